The minimum atomic E-state index is -0.467. The van der Waals surface area contributed by atoms with E-state index in [1.54, 1.807) is 6.07 Å². The van der Waals surface area contributed by atoms with Crippen LogP contribution in [0.3, 0.4) is 0 Å². The molecule has 4 heteroatoms. The molecule has 0 atom stereocenters. The second-order valence-corrected chi connectivity index (χ2v) is 4.17. The van der Waals surface area contributed by atoms with Gasteiger partial charge in [-0.15, -0.1) is 0 Å². The van der Waals surface area contributed by atoms with Gasteiger partial charge in [0.05, 0.1) is 18.8 Å². The number of benzene rings is 1. The topological polar surface area (TPSA) is 64.3 Å². The van der Waals surface area contributed by atoms with Crippen molar-refractivity contribution in [3.05, 3.63) is 29.8 Å². The van der Waals surface area contributed by atoms with Crippen LogP contribution in [0.4, 0.5) is 10.5 Å². The number of anilines is 1. The molecule has 0 saturated carbocycles. The van der Waals surface area contributed by atoms with Gasteiger partial charge in [0.25, 0.3) is 0 Å². The Morgan fingerprint density at radius 1 is 1.44 bits per heavy atom. The average molecular weight is 246 g/mol. The summed E-state index contributed by atoms with van der Waals surface area (Å²) >= 11 is 0. The van der Waals surface area contributed by atoms with Crippen molar-refractivity contribution in [3.8, 4) is 11.8 Å². The van der Waals surface area contributed by atoms with Crippen molar-refractivity contribution < 1.29 is 9.53 Å². The number of nitrogens with one attached hydrogen (secondary N) is 1. The van der Waals surface area contributed by atoms with Crippen molar-refractivity contribution in [3.63, 3.8) is 0 Å². The minimum Gasteiger partial charge on any atom is -0.449 e. The molecule has 0 aliphatic carbocycles. The molecule has 0 aromatic heterocycles. The van der Waals surface area contributed by atoms with Crippen LogP contribution in [0.5, 0.6) is 0 Å². The van der Waals surface area contributed by atoms with Crippen molar-refractivity contribution >= 4 is 11.8 Å². The highest BCUT2D eigenvalue weighted by Gasteiger charge is 2.06. The first kappa shape index (κ1) is 14.1. The van der Waals surface area contributed by atoms with Crippen LogP contribution in [0.2, 0.25) is 0 Å². The Labute approximate surface area is 108 Å². The van der Waals surface area contributed by atoms with Gasteiger partial charge in [0.2, 0.25) is 0 Å². The Kier molecular flexibility index (Phi) is 5.75. The van der Waals surface area contributed by atoms with E-state index in [1.807, 2.05) is 32.0 Å². The van der Waals surface area contributed by atoms with Crippen molar-refractivity contribution in [2.24, 2.45) is 11.7 Å². The zero-order chi connectivity index (χ0) is 13.4. The SMILES string of the molecule is CC(C)COC(=O)Nc1ccccc1C#CCN. The molecular weight excluding hydrogens is 228 g/mol. The molecule has 1 aromatic rings. The Morgan fingerprint density at radius 3 is 2.83 bits per heavy atom. The quantitative estimate of drug-likeness (QED) is 0.804. The zero-order valence-corrected chi connectivity index (χ0v) is 10.7. The van der Waals surface area contributed by atoms with E-state index < -0.39 is 6.09 Å². The number of ether oxygens (including phenoxy) is 1. The first-order valence-electron chi connectivity index (χ1n) is 5.85. The van der Waals surface area contributed by atoms with Crippen molar-refractivity contribution in [2.75, 3.05) is 18.5 Å². The van der Waals surface area contributed by atoms with Gasteiger partial charge >= 0.3 is 6.09 Å². The maximum Gasteiger partial charge on any atom is 0.411 e. The smallest absolute Gasteiger partial charge is 0.411 e. The molecule has 96 valence electrons. The third-order valence-corrected chi connectivity index (χ3v) is 2.04. The fourth-order valence-electron chi connectivity index (χ4n) is 1.24. The predicted molar refractivity (Wildman–Crippen MR) is 72.2 cm³/mol. The Balaban J connectivity index is 2.69. The van der Waals surface area contributed by atoms with E-state index in [4.69, 9.17) is 10.5 Å². The van der Waals surface area contributed by atoms with Gasteiger partial charge in [-0.05, 0) is 18.1 Å². The molecule has 0 radical (unpaired) electrons. The average Bonchev–Trinajstić information content (AvgIpc) is 2.35. The summed E-state index contributed by atoms with van der Waals surface area (Å²) in [6, 6.07) is 7.27. The predicted octanol–water partition coefficient (Wildman–Crippen LogP) is 2.20. The van der Waals surface area contributed by atoms with E-state index in [1.165, 1.54) is 0 Å². The monoisotopic (exact) mass is 246 g/mol. The van der Waals surface area contributed by atoms with Gasteiger partial charge in [-0.2, -0.15) is 0 Å². The van der Waals surface area contributed by atoms with E-state index in [0.717, 1.165) is 5.56 Å². The molecule has 0 fully saturated rings. The maximum atomic E-state index is 11.5. The second kappa shape index (κ2) is 7.36. The van der Waals surface area contributed by atoms with E-state index in [9.17, 15) is 4.79 Å². The lowest BCUT2D eigenvalue weighted by Gasteiger charge is -2.09. The fourth-order valence-corrected chi connectivity index (χ4v) is 1.24. The lowest BCUT2D eigenvalue weighted by Crippen LogP contribution is -2.17. The summed E-state index contributed by atoms with van der Waals surface area (Å²) < 4.78 is 5.04. The standard InChI is InChI=1S/C14H18N2O2/c1-11(2)10-18-14(17)16-13-8-4-3-6-12(13)7-5-9-15/h3-4,6,8,11H,9-10,15H2,1-2H3,(H,16,17). The highest BCUT2D eigenvalue weighted by molar-refractivity contribution is 5.86. The molecule has 3 N–H and O–H groups in total. The number of carbonyl (C=O) groups is 1. The molecule has 0 unspecified atom stereocenters. The minimum absolute atomic E-state index is 0.284. The number of hydrogen-bond acceptors (Lipinski definition) is 3. The van der Waals surface area contributed by atoms with E-state index >= 15 is 0 Å². The van der Waals surface area contributed by atoms with Crippen LogP contribution in [0, 0.1) is 17.8 Å². The number of para-hydroxylation sites is 1. The molecule has 1 rings (SSSR count). The largest absolute Gasteiger partial charge is 0.449 e. The first-order valence-corrected chi connectivity index (χ1v) is 5.85. The molecule has 4 nitrogen and oxygen atoms in total. The van der Waals surface area contributed by atoms with Gasteiger partial charge in [0.1, 0.15) is 0 Å². The zero-order valence-electron chi connectivity index (χ0n) is 10.7. The number of hydrogen-bond donors (Lipinski definition) is 2. The number of nitrogens with two attached hydrogens (primary N) is 1. The van der Waals surface area contributed by atoms with Crippen molar-refractivity contribution in [1.29, 1.82) is 0 Å². The van der Waals surface area contributed by atoms with Crippen LogP contribution in [0.1, 0.15) is 19.4 Å². The summed E-state index contributed by atoms with van der Waals surface area (Å²) in [6.45, 7) is 4.64. The van der Waals surface area contributed by atoms with Crippen molar-refractivity contribution in [2.45, 2.75) is 13.8 Å². The van der Waals surface area contributed by atoms with Crippen LogP contribution in [0.15, 0.2) is 24.3 Å². The summed E-state index contributed by atoms with van der Waals surface area (Å²) in [4.78, 5) is 11.5. The molecular formula is C14H18N2O2. The number of rotatable bonds is 3. The highest BCUT2D eigenvalue weighted by atomic mass is 16.5. The van der Waals surface area contributed by atoms with Gasteiger partial charge in [0.15, 0.2) is 0 Å². The van der Waals surface area contributed by atoms with Gasteiger partial charge in [-0.1, -0.05) is 37.8 Å². The molecule has 0 bridgehead atoms. The third kappa shape index (κ3) is 4.89. The molecule has 0 spiro atoms. The molecule has 18 heavy (non-hydrogen) atoms. The molecule has 1 amide bonds. The van der Waals surface area contributed by atoms with Crippen LogP contribution >= 0.6 is 0 Å². The van der Waals surface area contributed by atoms with Gasteiger partial charge in [-0.25, -0.2) is 4.79 Å². The lowest BCUT2D eigenvalue weighted by molar-refractivity contribution is 0.147. The fraction of sp³-hybridized carbons (Fsp3) is 0.357. The van der Waals surface area contributed by atoms with Gasteiger partial charge < -0.3 is 10.5 Å². The van der Waals surface area contributed by atoms with E-state index in [0.29, 0.717) is 18.2 Å². The Morgan fingerprint density at radius 2 is 2.17 bits per heavy atom. The summed E-state index contributed by atoms with van der Waals surface area (Å²) in [5, 5.41) is 2.67. The van der Waals surface area contributed by atoms with E-state index in [-0.39, 0.29) is 6.54 Å². The first-order chi connectivity index (χ1) is 8.63. The summed E-state index contributed by atoms with van der Waals surface area (Å²) in [7, 11) is 0. The summed E-state index contributed by atoms with van der Waals surface area (Å²) in [5.74, 6) is 5.96. The van der Waals surface area contributed by atoms with Crippen LogP contribution in [0.25, 0.3) is 0 Å². The second-order valence-electron chi connectivity index (χ2n) is 4.17. The maximum absolute atomic E-state index is 11.5. The molecule has 0 aliphatic heterocycles. The molecule has 0 heterocycles. The normalized spacial score (nSPS) is 9.56. The van der Waals surface area contributed by atoms with Gasteiger partial charge in [-0.3, -0.25) is 5.32 Å². The Bertz CT molecular complexity index is 458. The highest BCUT2D eigenvalue weighted by Crippen LogP contribution is 2.13. The van der Waals surface area contributed by atoms with E-state index in [2.05, 4.69) is 17.2 Å². The number of carbonyl (C=O) groups excluding carboxylic acids is 1. The molecule has 0 aliphatic rings. The van der Waals surface area contributed by atoms with Gasteiger partial charge in [0, 0.05) is 5.56 Å². The summed E-state index contributed by atoms with van der Waals surface area (Å²) in [5.41, 5.74) is 6.68. The Hall–Kier alpha value is -1.99. The van der Waals surface area contributed by atoms with Crippen LogP contribution in [-0.2, 0) is 4.74 Å². The van der Waals surface area contributed by atoms with Crippen LogP contribution in [-0.4, -0.2) is 19.2 Å². The summed E-state index contributed by atoms with van der Waals surface area (Å²) in [6.07, 6.45) is -0.467. The van der Waals surface area contributed by atoms with Crippen LogP contribution < -0.4 is 11.1 Å². The lowest BCUT2D eigenvalue weighted by atomic mass is 10.2. The van der Waals surface area contributed by atoms with Crippen molar-refractivity contribution in [1.82, 2.24) is 0 Å². The number of amides is 1. The molecule has 1 aromatic carbocycles. The molecule has 0 saturated heterocycles. The third-order valence-electron chi connectivity index (χ3n) is 2.04.